The highest BCUT2D eigenvalue weighted by Crippen LogP contribution is 2.11. The molecule has 0 N–H and O–H groups in total. The molecule has 0 saturated carbocycles. The number of aryl methyl sites for hydroxylation is 1. The number of hydrogen-bond donors (Lipinski definition) is 0. The molecule has 2 aromatic rings. The third-order valence-corrected chi connectivity index (χ3v) is 4.88. The summed E-state index contributed by atoms with van der Waals surface area (Å²) < 4.78 is 18.6. The second-order valence-corrected chi connectivity index (χ2v) is 7.02. The number of carbonyl (C=O) groups excluding carboxylic acids is 1. The number of likely N-dealkylation sites (N-methyl/N-ethyl adjacent to an activating group) is 1. The largest absolute Gasteiger partial charge is 0.360 e. The minimum Gasteiger partial charge on any atom is -0.360 e. The van der Waals surface area contributed by atoms with E-state index in [1.54, 1.807) is 11.0 Å². The van der Waals surface area contributed by atoms with Crippen LogP contribution in [-0.2, 0) is 17.9 Å². The van der Waals surface area contributed by atoms with Gasteiger partial charge in [-0.1, -0.05) is 17.3 Å². The Morgan fingerprint density at radius 1 is 1.22 bits per heavy atom. The Hall–Kier alpha value is -2.25. The molecule has 1 amide bonds. The highest BCUT2D eigenvalue weighted by Gasteiger charge is 2.22. The number of benzene rings is 1. The van der Waals surface area contributed by atoms with Gasteiger partial charge in [-0.05, 0) is 31.5 Å². The zero-order valence-corrected chi connectivity index (χ0v) is 16.0. The number of aromatic nitrogens is 1. The van der Waals surface area contributed by atoms with Crippen molar-refractivity contribution in [1.29, 1.82) is 0 Å². The average Bonchev–Trinajstić information content (AvgIpc) is 3.06. The van der Waals surface area contributed by atoms with Crippen molar-refractivity contribution in [3.63, 3.8) is 0 Å². The maximum atomic E-state index is 13.4. The van der Waals surface area contributed by atoms with Gasteiger partial charge in [-0.25, -0.2) is 4.39 Å². The molecule has 0 radical (unpaired) electrons. The van der Waals surface area contributed by atoms with E-state index >= 15 is 0 Å². The Balaban J connectivity index is 1.46. The molecule has 1 aliphatic rings. The first-order valence-corrected chi connectivity index (χ1v) is 9.42. The number of piperazine rings is 1. The maximum Gasteiger partial charge on any atom is 0.237 e. The van der Waals surface area contributed by atoms with Gasteiger partial charge in [0.2, 0.25) is 5.91 Å². The second-order valence-electron chi connectivity index (χ2n) is 7.02. The molecule has 1 aromatic heterocycles. The lowest BCUT2D eigenvalue weighted by Gasteiger charge is -2.34. The molecule has 0 aliphatic carbocycles. The van der Waals surface area contributed by atoms with Crippen molar-refractivity contribution in [1.82, 2.24) is 19.9 Å². The lowest BCUT2D eigenvalue weighted by molar-refractivity contribution is -0.133. The Morgan fingerprint density at radius 2 is 1.96 bits per heavy atom. The van der Waals surface area contributed by atoms with E-state index in [4.69, 9.17) is 4.52 Å². The van der Waals surface area contributed by atoms with Gasteiger partial charge in [0.15, 0.2) is 5.76 Å². The second kappa shape index (κ2) is 9.10. The van der Waals surface area contributed by atoms with E-state index in [9.17, 15) is 9.18 Å². The SMILES string of the molecule is CCN(Cc1cccc(F)c1)C(=O)CN1CCN(Cc2cc(C)no2)CC1. The van der Waals surface area contributed by atoms with Gasteiger partial charge in [-0.3, -0.25) is 14.6 Å². The average molecular weight is 374 g/mol. The van der Waals surface area contributed by atoms with Crippen LogP contribution in [0, 0.1) is 12.7 Å². The third kappa shape index (κ3) is 5.61. The van der Waals surface area contributed by atoms with Gasteiger partial charge < -0.3 is 9.42 Å². The molecule has 1 fully saturated rings. The molecule has 0 unspecified atom stereocenters. The highest BCUT2D eigenvalue weighted by atomic mass is 19.1. The summed E-state index contributed by atoms with van der Waals surface area (Å²) in [7, 11) is 0. The maximum absolute atomic E-state index is 13.4. The van der Waals surface area contributed by atoms with Crippen LogP contribution in [-0.4, -0.2) is 65.0 Å². The molecule has 0 spiro atoms. The molecule has 6 nitrogen and oxygen atoms in total. The van der Waals surface area contributed by atoms with Crippen LogP contribution in [0.4, 0.5) is 4.39 Å². The lowest BCUT2D eigenvalue weighted by atomic mass is 10.2. The van der Waals surface area contributed by atoms with E-state index in [0.717, 1.165) is 49.7 Å². The van der Waals surface area contributed by atoms with Crippen molar-refractivity contribution in [3.8, 4) is 0 Å². The topological polar surface area (TPSA) is 52.8 Å². The minimum absolute atomic E-state index is 0.0843. The molecular formula is C20H27FN4O2. The zero-order chi connectivity index (χ0) is 19.2. The van der Waals surface area contributed by atoms with Crippen LogP contribution in [0.15, 0.2) is 34.9 Å². The lowest BCUT2D eigenvalue weighted by Crippen LogP contribution is -2.49. The first-order valence-electron chi connectivity index (χ1n) is 9.42. The van der Waals surface area contributed by atoms with Crippen LogP contribution >= 0.6 is 0 Å². The summed E-state index contributed by atoms with van der Waals surface area (Å²) in [4.78, 5) is 18.9. The first kappa shape index (κ1) is 19.5. The molecule has 1 aliphatic heterocycles. The number of amides is 1. The molecule has 0 bridgehead atoms. The molecule has 3 rings (SSSR count). The molecule has 1 aromatic carbocycles. The molecule has 7 heteroatoms. The van der Waals surface area contributed by atoms with E-state index < -0.39 is 0 Å². The van der Waals surface area contributed by atoms with Crippen molar-refractivity contribution in [2.45, 2.75) is 26.9 Å². The third-order valence-electron chi connectivity index (χ3n) is 4.88. The minimum atomic E-state index is -0.269. The van der Waals surface area contributed by atoms with Crippen molar-refractivity contribution in [3.05, 3.63) is 53.2 Å². The Labute approximate surface area is 159 Å². The van der Waals surface area contributed by atoms with E-state index in [2.05, 4.69) is 15.0 Å². The predicted molar refractivity (Wildman–Crippen MR) is 100 cm³/mol. The Morgan fingerprint density at radius 3 is 2.59 bits per heavy atom. The van der Waals surface area contributed by atoms with E-state index in [1.165, 1.54) is 12.1 Å². The summed E-state index contributed by atoms with van der Waals surface area (Å²) in [6.07, 6.45) is 0. The van der Waals surface area contributed by atoms with Crippen molar-refractivity contribution in [2.75, 3.05) is 39.3 Å². The van der Waals surface area contributed by atoms with Crippen molar-refractivity contribution >= 4 is 5.91 Å². The number of nitrogens with zero attached hydrogens (tertiary/aromatic N) is 4. The standard InChI is InChI=1S/C20H27FN4O2/c1-3-25(13-17-5-4-6-18(21)12-17)20(26)15-24-9-7-23(8-10-24)14-19-11-16(2)22-27-19/h4-6,11-12H,3,7-10,13-15H2,1-2H3. The summed E-state index contributed by atoms with van der Waals surface area (Å²) in [6.45, 7) is 9.55. The summed E-state index contributed by atoms with van der Waals surface area (Å²) in [5, 5.41) is 3.92. The van der Waals surface area contributed by atoms with Crippen molar-refractivity contribution in [2.24, 2.45) is 0 Å². The van der Waals surface area contributed by atoms with Crippen LogP contribution in [0.3, 0.4) is 0 Å². The van der Waals surface area contributed by atoms with Crippen LogP contribution in [0.1, 0.15) is 23.9 Å². The Kier molecular flexibility index (Phi) is 6.58. The van der Waals surface area contributed by atoms with Crippen LogP contribution in [0.25, 0.3) is 0 Å². The van der Waals surface area contributed by atoms with Gasteiger partial charge in [-0.2, -0.15) is 0 Å². The quantitative estimate of drug-likeness (QED) is 0.744. The molecule has 1 saturated heterocycles. The fraction of sp³-hybridized carbons (Fsp3) is 0.500. The zero-order valence-electron chi connectivity index (χ0n) is 16.0. The van der Waals surface area contributed by atoms with Crippen molar-refractivity contribution < 1.29 is 13.7 Å². The summed E-state index contributed by atoms with van der Waals surface area (Å²) >= 11 is 0. The van der Waals surface area contributed by atoms with Gasteiger partial charge in [-0.15, -0.1) is 0 Å². The normalized spacial score (nSPS) is 15.8. The molecule has 2 heterocycles. The van der Waals surface area contributed by atoms with E-state index in [1.807, 2.05) is 26.0 Å². The molecule has 0 atom stereocenters. The number of rotatable bonds is 7. The monoisotopic (exact) mass is 374 g/mol. The van der Waals surface area contributed by atoms with Gasteiger partial charge >= 0.3 is 0 Å². The number of hydrogen-bond acceptors (Lipinski definition) is 5. The van der Waals surface area contributed by atoms with Gasteiger partial charge in [0.1, 0.15) is 5.82 Å². The van der Waals surface area contributed by atoms with E-state index in [-0.39, 0.29) is 11.7 Å². The molecule has 27 heavy (non-hydrogen) atoms. The predicted octanol–water partition coefficient (Wildman–Crippen LogP) is 2.29. The summed E-state index contributed by atoms with van der Waals surface area (Å²) in [5.74, 6) is 0.694. The highest BCUT2D eigenvalue weighted by molar-refractivity contribution is 5.78. The van der Waals surface area contributed by atoms with Crippen LogP contribution in [0.2, 0.25) is 0 Å². The van der Waals surface area contributed by atoms with Gasteiger partial charge in [0, 0.05) is 45.3 Å². The molecule has 146 valence electrons. The molecular weight excluding hydrogens is 347 g/mol. The number of carbonyl (C=O) groups is 1. The fourth-order valence-corrected chi connectivity index (χ4v) is 3.34. The summed E-state index contributed by atoms with van der Waals surface area (Å²) in [5.41, 5.74) is 1.71. The fourth-order valence-electron chi connectivity index (χ4n) is 3.34. The first-order chi connectivity index (χ1) is 13.0. The summed E-state index contributed by atoms with van der Waals surface area (Å²) in [6, 6.07) is 8.39. The van der Waals surface area contributed by atoms with Gasteiger partial charge in [0.05, 0.1) is 18.8 Å². The van der Waals surface area contributed by atoms with Crippen LogP contribution < -0.4 is 0 Å². The van der Waals surface area contributed by atoms with E-state index in [0.29, 0.717) is 19.6 Å². The smallest absolute Gasteiger partial charge is 0.237 e. The van der Waals surface area contributed by atoms with Gasteiger partial charge in [0.25, 0.3) is 0 Å². The van der Waals surface area contributed by atoms with Crippen LogP contribution in [0.5, 0.6) is 0 Å². The Bertz CT molecular complexity index is 756. The number of halogens is 1.